The Labute approximate surface area is 76.6 Å². The quantitative estimate of drug-likeness (QED) is 0.587. The number of aromatic nitrogens is 2. The maximum atomic E-state index is 11.4. The highest BCUT2D eigenvalue weighted by atomic mass is 32.2. The number of sulfonamides is 1. The van der Waals surface area contributed by atoms with E-state index in [2.05, 4.69) is 14.7 Å². The van der Waals surface area contributed by atoms with Crippen LogP contribution in [0.25, 0.3) is 0 Å². The summed E-state index contributed by atoms with van der Waals surface area (Å²) < 4.78 is 25.1. The molecule has 6 nitrogen and oxygen atoms in total. The fourth-order valence-corrected chi connectivity index (χ4v) is 1.75. The van der Waals surface area contributed by atoms with Gasteiger partial charge in [0.15, 0.2) is 5.03 Å². The highest BCUT2D eigenvalue weighted by molar-refractivity contribution is 7.89. The van der Waals surface area contributed by atoms with Gasteiger partial charge in [0.1, 0.15) is 0 Å². The summed E-state index contributed by atoms with van der Waals surface area (Å²) in [5.74, 6) is 0. The first-order chi connectivity index (χ1) is 6.02. The van der Waals surface area contributed by atoms with Crippen LogP contribution >= 0.6 is 0 Å². The van der Waals surface area contributed by atoms with Crippen LogP contribution in [0.1, 0.15) is 6.92 Å². The Hall–Kier alpha value is -0.920. The lowest BCUT2D eigenvalue weighted by Crippen LogP contribution is -2.35. The van der Waals surface area contributed by atoms with Crippen molar-refractivity contribution in [2.45, 2.75) is 18.0 Å². The number of H-pyrrole nitrogens is 1. The molecule has 0 saturated heterocycles. The first-order valence-corrected chi connectivity index (χ1v) is 5.24. The van der Waals surface area contributed by atoms with E-state index in [1.54, 1.807) is 6.92 Å². The molecule has 0 aliphatic heterocycles. The van der Waals surface area contributed by atoms with Gasteiger partial charge < -0.3 is 10.7 Å². The zero-order valence-corrected chi connectivity index (χ0v) is 8.00. The summed E-state index contributed by atoms with van der Waals surface area (Å²) in [5, 5.41) is 0.0492. The Morgan fingerprint density at radius 2 is 2.46 bits per heavy atom. The molecule has 0 amide bonds. The van der Waals surface area contributed by atoms with Gasteiger partial charge in [-0.25, -0.2) is 18.1 Å². The van der Waals surface area contributed by atoms with Gasteiger partial charge in [-0.15, -0.1) is 0 Å². The molecule has 1 unspecified atom stereocenters. The van der Waals surface area contributed by atoms with Gasteiger partial charge in [0.2, 0.25) is 0 Å². The summed E-state index contributed by atoms with van der Waals surface area (Å²) >= 11 is 0. The topological polar surface area (TPSA) is 101 Å². The second-order valence-corrected chi connectivity index (χ2v) is 4.48. The average molecular weight is 204 g/mol. The van der Waals surface area contributed by atoms with E-state index in [9.17, 15) is 8.42 Å². The molecule has 0 aliphatic rings. The third-order valence-electron chi connectivity index (χ3n) is 1.36. The highest BCUT2D eigenvalue weighted by Crippen LogP contribution is 2.00. The van der Waals surface area contributed by atoms with Gasteiger partial charge in [0, 0.05) is 12.6 Å². The maximum absolute atomic E-state index is 11.4. The zero-order valence-electron chi connectivity index (χ0n) is 7.19. The Bertz CT molecular complexity index is 343. The van der Waals surface area contributed by atoms with Gasteiger partial charge >= 0.3 is 0 Å². The Morgan fingerprint density at radius 1 is 1.77 bits per heavy atom. The molecule has 7 heteroatoms. The number of nitrogens with one attached hydrogen (secondary N) is 2. The number of nitrogens with zero attached hydrogens (tertiary/aromatic N) is 1. The molecule has 1 atom stereocenters. The molecule has 0 aliphatic carbocycles. The largest absolute Gasteiger partial charge is 0.335 e. The predicted molar refractivity (Wildman–Crippen MR) is 47.4 cm³/mol. The molecule has 0 saturated carbocycles. The van der Waals surface area contributed by atoms with Crippen molar-refractivity contribution in [1.29, 1.82) is 0 Å². The summed E-state index contributed by atoms with van der Waals surface area (Å²) in [6.07, 6.45) is 2.55. The van der Waals surface area contributed by atoms with E-state index in [1.165, 1.54) is 12.5 Å². The van der Waals surface area contributed by atoms with Crippen LogP contribution in [0.15, 0.2) is 17.6 Å². The van der Waals surface area contributed by atoms with E-state index in [1.807, 2.05) is 0 Å². The van der Waals surface area contributed by atoms with E-state index < -0.39 is 10.0 Å². The molecule has 74 valence electrons. The number of hydrogen-bond acceptors (Lipinski definition) is 4. The first kappa shape index (κ1) is 10.2. The van der Waals surface area contributed by atoms with Crippen LogP contribution in [0.3, 0.4) is 0 Å². The fourth-order valence-electron chi connectivity index (χ4n) is 0.709. The van der Waals surface area contributed by atoms with Crippen molar-refractivity contribution in [3.8, 4) is 0 Å². The minimum atomic E-state index is -3.46. The van der Waals surface area contributed by atoms with Crippen molar-refractivity contribution in [3.63, 3.8) is 0 Å². The normalized spacial score (nSPS) is 14.3. The Balaban J connectivity index is 2.68. The molecule has 0 spiro atoms. The van der Waals surface area contributed by atoms with Crippen LogP contribution in [0, 0.1) is 0 Å². The number of aromatic amines is 1. The monoisotopic (exact) mass is 204 g/mol. The lowest BCUT2D eigenvalue weighted by Gasteiger charge is -2.06. The number of imidazole rings is 1. The van der Waals surface area contributed by atoms with Gasteiger partial charge in [-0.3, -0.25) is 0 Å². The van der Waals surface area contributed by atoms with E-state index >= 15 is 0 Å². The lowest BCUT2D eigenvalue weighted by molar-refractivity contribution is 0.571. The van der Waals surface area contributed by atoms with Crippen LogP contribution < -0.4 is 10.5 Å². The van der Waals surface area contributed by atoms with E-state index in [0.717, 1.165) is 0 Å². The summed E-state index contributed by atoms with van der Waals surface area (Å²) in [4.78, 5) is 6.11. The van der Waals surface area contributed by atoms with E-state index in [-0.39, 0.29) is 17.6 Å². The minimum absolute atomic E-state index is 0.0492. The zero-order chi connectivity index (χ0) is 9.90. The molecule has 0 fully saturated rings. The van der Waals surface area contributed by atoms with Crippen molar-refractivity contribution >= 4 is 10.0 Å². The third-order valence-corrected chi connectivity index (χ3v) is 2.71. The molecule has 1 aromatic heterocycles. The summed E-state index contributed by atoms with van der Waals surface area (Å²) in [6, 6.07) is -0.210. The fraction of sp³-hybridized carbons (Fsp3) is 0.500. The number of hydrogen-bond donors (Lipinski definition) is 3. The molecule has 0 bridgehead atoms. The van der Waals surface area contributed by atoms with Crippen molar-refractivity contribution in [1.82, 2.24) is 14.7 Å². The SMILES string of the molecule is CC(N)CNS(=O)(=O)c1cnc[nH]1. The van der Waals surface area contributed by atoms with E-state index in [0.29, 0.717) is 0 Å². The molecular formula is C6H12N4O2S. The lowest BCUT2D eigenvalue weighted by atomic mass is 10.4. The van der Waals surface area contributed by atoms with Crippen molar-refractivity contribution in [2.75, 3.05) is 6.54 Å². The Kier molecular flexibility index (Phi) is 3.02. The van der Waals surface area contributed by atoms with Crippen LogP contribution in [-0.2, 0) is 10.0 Å². The summed E-state index contributed by atoms with van der Waals surface area (Å²) in [6.45, 7) is 1.93. The molecule has 4 N–H and O–H groups in total. The van der Waals surface area contributed by atoms with Crippen molar-refractivity contribution in [2.24, 2.45) is 5.73 Å². The third kappa shape index (κ3) is 2.79. The molecule has 0 aromatic carbocycles. The second-order valence-electron chi connectivity index (χ2n) is 2.75. The van der Waals surface area contributed by atoms with Gasteiger partial charge in [0.25, 0.3) is 10.0 Å². The average Bonchev–Trinajstić information content (AvgIpc) is 2.53. The summed E-state index contributed by atoms with van der Waals surface area (Å²) in [5.41, 5.74) is 5.40. The molecule has 0 radical (unpaired) electrons. The number of rotatable bonds is 4. The van der Waals surface area contributed by atoms with Crippen LogP contribution in [0.2, 0.25) is 0 Å². The predicted octanol–water partition coefficient (Wildman–Crippen LogP) is -0.965. The molecule has 1 heterocycles. The molecule has 13 heavy (non-hydrogen) atoms. The van der Waals surface area contributed by atoms with Gasteiger partial charge in [-0.2, -0.15) is 0 Å². The van der Waals surface area contributed by atoms with Crippen LogP contribution in [-0.4, -0.2) is 31.0 Å². The summed E-state index contributed by atoms with van der Waals surface area (Å²) in [7, 11) is -3.46. The molecular weight excluding hydrogens is 192 g/mol. The Morgan fingerprint density at radius 3 is 2.92 bits per heavy atom. The minimum Gasteiger partial charge on any atom is -0.335 e. The molecule has 1 rings (SSSR count). The van der Waals surface area contributed by atoms with Crippen LogP contribution in [0.4, 0.5) is 0 Å². The van der Waals surface area contributed by atoms with Crippen molar-refractivity contribution in [3.05, 3.63) is 12.5 Å². The number of nitrogens with two attached hydrogens (primary N) is 1. The van der Waals surface area contributed by atoms with Crippen LogP contribution in [0.5, 0.6) is 0 Å². The second kappa shape index (κ2) is 3.86. The smallest absolute Gasteiger partial charge is 0.257 e. The molecule has 1 aromatic rings. The standard InChI is InChI=1S/C6H12N4O2S/c1-5(7)2-10-13(11,12)6-3-8-4-9-6/h3-5,10H,2,7H2,1H3,(H,8,9). The van der Waals surface area contributed by atoms with Gasteiger partial charge in [-0.05, 0) is 6.92 Å². The van der Waals surface area contributed by atoms with E-state index in [4.69, 9.17) is 5.73 Å². The first-order valence-electron chi connectivity index (χ1n) is 3.76. The van der Waals surface area contributed by atoms with Gasteiger partial charge in [0.05, 0.1) is 12.5 Å². The maximum Gasteiger partial charge on any atom is 0.257 e. The van der Waals surface area contributed by atoms with Gasteiger partial charge in [-0.1, -0.05) is 0 Å². The highest BCUT2D eigenvalue weighted by Gasteiger charge is 2.14. The van der Waals surface area contributed by atoms with Crippen molar-refractivity contribution < 1.29 is 8.42 Å².